The summed E-state index contributed by atoms with van der Waals surface area (Å²) in [4.78, 5) is 21.6. The standard InChI is InChI=1S/C21H23N3O5S3/c1-3-32(28,29)16-9-7-15(8-10-16)20(25)23-11-13-24(14-12-23)21-22-19-17(30-21)5-4-6-18(19)31(2,26)27/h4-10H,3,11-14H2,1-2H3. The molecule has 2 heterocycles. The SMILES string of the molecule is CCS(=O)(=O)c1ccc(C(=O)N2CCN(c3nc4c(S(C)(=O)=O)cccc4s3)CC2)cc1. The molecule has 1 saturated heterocycles. The largest absolute Gasteiger partial charge is 0.345 e. The molecule has 0 spiro atoms. The highest BCUT2D eigenvalue weighted by Crippen LogP contribution is 2.33. The predicted octanol–water partition coefficient (Wildman–Crippen LogP) is 2.46. The van der Waals surface area contributed by atoms with Gasteiger partial charge in [-0.1, -0.05) is 24.3 Å². The third-order valence-corrected chi connectivity index (χ3v) is 9.41. The lowest BCUT2D eigenvalue weighted by Crippen LogP contribution is -2.48. The predicted molar refractivity (Wildman–Crippen MR) is 125 cm³/mol. The van der Waals surface area contributed by atoms with Crippen LogP contribution in [-0.4, -0.2) is 70.8 Å². The topological polar surface area (TPSA) is 105 Å². The second-order valence-electron chi connectivity index (χ2n) is 7.58. The lowest BCUT2D eigenvalue weighted by molar-refractivity contribution is 0.0746. The first-order valence-corrected chi connectivity index (χ1v) is 14.4. The van der Waals surface area contributed by atoms with E-state index in [4.69, 9.17) is 0 Å². The van der Waals surface area contributed by atoms with Crippen LogP contribution in [0.1, 0.15) is 17.3 Å². The highest BCUT2D eigenvalue weighted by Gasteiger charge is 2.25. The summed E-state index contributed by atoms with van der Waals surface area (Å²) in [6, 6.07) is 11.2. The number of anilines is 1. The average molecular weight is 494 g/mol. The lowest BCUT2D eigenvalue weighted by Gasteiger charge is -2.34. The van der Waals surface area contributed by atoms with Gasteiger partial charge in [-0.15, -0.1) is 0 Å². The number of piperazine rings is 1. The number of benzene rings is 2. The number of amides is 1. The number of rotatable bonds is 5. The first-order chi connectivity index (χ1) is 15.1. The van der Waals surface area contributed by atoms with Crippen LogP contribution in [0, 0.1) is 0 Å². The van der Waals surface area contributed by atoms with E-state index in [2.05, 4.69) is 9.88 Å². The third-order valence-electron chi connectivity index (χ3n) is 5.45. The molecule has 0 atom stereocenters. The zero-order valence-corrected chi connectivity index (χ0v) is 20.1. The number of hydrogen-bond donors (Lipinski definition) is 0. The summed E-state index contributed by atoms with van der Waals surface area (Å²) in [6.45, 7) is 3.71. The van der Waals surface area contributed by atoms with Crippen LogP contribution in [0.15, 0.2) is 52.3 Å². The van der Waals surface area contributed by atoms with Crippen LogP contribution in [0.25, 0.3) is 10.2 Å². The molecule has 0 N–H and O–H groups in total. The van der Waals surface area contributed by atoms with Crippen molar-refractivity contribution in [1.29, 1.82) is 0 Å². The maximum atomic E-state index is 12.8. The van der Waals surface area contributed by atoms with Gasteiger partial charge in [0.2, 0.25) is 0 Å². The Morgan fingerprint density at radius 3 is 2.25 bits per heavy atom. The number of hydrogen-bond acceptors (Lipinski definition) is 8. The minimum Gasteiger partial charge on any atom is -0.345 e. The molecule has 4 rings (SSSR count). The molecule has 0 unspecified atom stereocenters. The van der Waals surface area contributed by atoms with E-state index in [0.29, 0.717) is 37.3 Å². The van der Waals surface area contributed by atoms with Gasteiger partial charge in [0.25, 0.3) is 5.91 Å². The summed E-state index contributed by atoms with van der Waals surface area (Å²) in [6.07, 6.45) is 1.18. The van der Waals surface area contributed by atoms with Crippen LogP contribution in [0.2, 0.25) is 0 Å². The molecule has 1 fully saturated rings. The van der Waals surface area contributed by atoms with Gasteiger partial charge in [-0.25, -0.2) is 21.8 Å². The molecule has 1 aliphatic rings. The summed E-state index contributed by atoms with van der Waals surface area (Å²) in [5, 5.41) is 0.734. The lowest BCUT2D eigenvalue weighted by atomic mass is 10.2. The molecular formula is C21H23N3O5S3. The van der Waals surface area contributed by atoms with Gasteiger partial charge in [0.1, 0.15) is 5.52 Å². The highest BCUT2D eigenvalue weighted by atomic mass is 32.2. The Morgan fingerprint density at radius 2 is 1.66 bits per heavy atom. The van der Waals surface area contributed by atoms with Crippen molar-refractivity contribution in [2.75, 3.05) is 43.1 Å². The Labute approximate surface area is 191 Å². The van der Waals surface area contributed by atoms with Gasteiger partial charge in [0.15, 0.2) is 24.8 Å². The van der Waals surface area contributed by atoms with Crippen molar-refractivity contribution in [2.45, 2.75) is 16.7 Å². The summed E-state index contributed by atoms with van der Waals surface area (Å²) in [5.41, 5.74) is 0.932. The summed E-state index contributed by atoms with van der Waals surface area (Å²) >= 11 is 1.44. The van der Waals surface area contributed by atoms with Gasteiger partial charge in [-0.2, -0.15) is 0 Å². The molecular weight excluding hydrogens is 470 g/mol. The Hall–Kier alpha value is -2.50. The molecule has 0 radical (unpaired) electrons. The van der Waals surface area contributed by atoms with Gasteiger partial charge < -0.3 is 9.80 Å². The highest BCUT2D eigenvalue weighted by molar-refractivity contribution is 7.91. The number of para-hydroxylation sites is 1. The van der Waals surface area contributed by atoms with Crippen molar-refractivity contribution in [3.8, 4) is 0 Å². The maximum absolute atomic E-state index is 12.8. The van der Waals surface area contributed by atoms with Crippen molar-refractivity contribution in [3.05, 3.63) is 48.0 Å². The smallest absolute Gasteiger partial charge is 0.253 e. The minimum atomic E-state index is -3.38. The molecule has 0 bridgehead atoms. The van der Waals surface area contributed by atoms with E-state index >= 15 is 0 Å². The van der Waals surface area contributed by atoms with Crippen molar-refractivity contribution in [1.82, 2.24) is 9.88 Å². The monoisotopic (exact) mass is 493 g/mol. The number of nitrogens with zero attached hydrogens (tertiary/aromatic N) is 3. The molecule has 11 heteroatoms. The van der Waals surface area contributed by atoms with Crippen molar-refractivity contribution < 1.29 is 21.6 Å². The summed E-state index contributed by atoms with van der Waals surface area (Å²) in [5.74, 6) is -0.131. The van der Waals surface area contributed by atoms with Crippen LogP contribution < -0.4 is 4.90 Å². The van der Waals surface area contributed by atoms with Gasteiger partial charge in [-0.3, -0.25) is 4.79 Å². The van der Waals surface area contributed by atoms with Gasteiger partial charge >= 0.3 is 0 Å². The van der Waals surface area contributed by atoms with E-state index in [9.17, 15) is 21.6 Å². The molecule has 1 aromatic heterocycles. The molecule has 1 amide bonds. The average Bonchev–Trinajstić information content (AvgIpc) is 3.22. The number of aromatic nitrogens is 1. The number of carbonyl (C=O) groups excluding carboxylic acids is 1. The Morgan fingerprint density at radius 1 is 1.00 bits per heavy atom. The minimum absolute atomic E-state index is 0.0136. The van der Waals surface area contributed by atoms with Gasteiger partial charge in [-0.05, 0) is 36.4 Å². The number of fused-ring (bicyclic) bond motifs is 1. The maximum Gasteiger partial charge on any atom is 0.253 e. The van der Waals surface area contributed by atoms with Crippen molar-refractivity contribution >= 4 is 52.3 Å². The summed E-state index contributed by atoms with van der Waals surface area (Å²) < 4.78 is 48.8. The number of carbonyl (C=O) groups is 1. The quantitative estimate of drug-likeness (QED) is 0.538. The molecule has 1 aliphatic heterocycles. The van der Waals surface area contributed by atoms with Gasteiger partial charge in [0, 0.05) is 38.0 Å². The fourth-order valence-corrected chi connectivity index (χ4v) is 6.43. The van der Waals surface area contributed by atoms with E-state index in [-0.39, 0.29) is 21.5 Å². The van der Waals surface area contributed by atoms with E-state index in [1.807, 2.05) is 6.07 Å². The second kappa shape index (κ2) is 8.45. The molecule has 2 aromatic carbocycles. The zero-order valence-electron chi connectivity index (χ0n) is 17.7. The molecule has 0 saturated carbocycles. The molecule has 8 nitrogen and oxygen atoms in total. The molecule has 32 heavy (non-hydrogen) atoms. The van der Waals surface area contributed by atoms with Crippen molar-refractivity contribution in [2.24, 2.45) is 0 Å². The van der Waals surface area contributed by atoms with Crippen LogP contribution in [0.5, 0.6) is 0 Å². The van der Waals surface area contributed by atoms with Gasteiger partial charge in [0.05, 0.1) is 20.2 Å². The van der Waals surface area contributed by atoms with Crippen LogP contribution in [-0.2, 0) is 19.7 Å². The Kier molecular flexibility index (Phi) is 5.99. The van der Waals surface area contributed by atoms with E-state index < -0.39 is 19.7 Å². The van der Waals surface area contributed by atoms with Crippen LogP contribution in [0.4, 0.5) is 5.13 Å². The second-order valence-corrected chi connectivity index (χ2v) is 12.9. The fraction of sp³-hybridized carbons (Fsp3) is 0.333. The first-order valence-electron chi connectivity index (χ1n) is 10.1. The summed E-state index contributed by atoms with van der Waals surface area (Å²) in [7, 11) is -6.68. The van der Waals surface area contributed by atoms with Crippen molar-refractivity contribution in [3.63, 3.8) is 0 Å². The van der Waals surface area contributed by atoms with E-state index in [1.54, 1.807) is 36.1 Å². The number of thiazole rings is 1. The van der Waals surface area contributed by atoms with Crippen LogP contribution in [0.3, 0.4) is 0 Å². The van der Waals surface area contributed by atoms with E-state index in [0.717, 1.165) is 9.83 Å². The zero-order chi connectivity index (χ0) is 23.1. The Bertz CT molecular complexity index is 1370. The third kappa shape index (κ3) is 4.37. The molecule has 170 valence electrons. The first kappa shape index (κ1) is 22.7. The van der Waals surface area contributed by atoms with Crippen LogP contribution >= 0.6 is 11.3 Å². The molecule has 3 aromatic rings. The van der Waals surface area contributed by atoms with E-state index in [1.165, 1.54) is 29.7 Å². The normalized spacial score (nSPS) is 15.3. The Balaban J connectivity index is 1.47. The number of sulfone groups is 2. The fourth-order valence-electron chi connectivity index (χ4n) is 3.60. The molecule has 0 aliphatic carbocycles.